The van der Waals surface area contributed by atoms with Crippen molar-refractivity contribution in [2.45, 2.75) is 13.8 Å². The summed E-state index contributed by atoms with van der Waals surface area (Å²) in [6, 6.07) is 5.39. The molecule has 0 amide bonds. The summed E-state index contributed by atoms with van der Waals surface area (Å²) in [7, 11) is 0. The Labute approximate surface area is 116 Å². The Morgan fingerprint density at radius 2 is 2.00 bits per heavy atom. The van der Waals surface area contributed by atoms with Crippen LogP contribution >= 0.6 is 23.2 Å². The number of benzene rings is 1. The van der Waals surface area contributed by atoms with E-state index in [4.69, 9.17) is 23.2 Å². The third-order valence-corrected chi connectivity index (χ3v) is 3.16. The molecule has 0 fully saturated rings. The van der Waals surface area contributed by atoms with Gasteiger partial charge in [-0.05, 0) is 32.0 Å². The molecule has 1 aromatic heterocycles. The summed E-state index contributed by atoms with van der Waals surface area (Å²) in [6.07, 6.45) is 1.53. The summed E-state index contributed by atoms with van der Waals surface area (Å²) in [5.41, 5.74) is 2.66. The number of hydrogen-bond acceptors (Lipinski definition) is 3. The smallest absolute Gasteiger partial charge is 0.132 e. The molecule has 0 atom stereocenters. The second-order valence-corrected chi connectivity index (χ2v) is 4.69. The summed E-state index contributed by atoms with van der Waals surface area (Å²) < 4.78 is 0. The second kappa shape index (κ2) is 5.55. The summed E-state index contributed by atoms with van der Waals surface area (Å²) in [5, 5.41) is 4.40. The molecule has 0 saturated heterocycles. The minimum absolute atomic E-state index is 0.590. The van der Waals surface area contributed by atoms with Gasteiger partial charge in [0.25, 0.3) is 0 Å². The number of nitrogens with one attached hydrogen (secondary N) is 1. The molecule has 0 spiro atoms. The predicted octanol–water partition coefficient (Wildman–Crippen LogP) is 4.19. The SMILES string of the molecule is CCNc1ncnc(-c2ccc(Cl)cc2Cl)c1C. The highest BCUT2D eigenvalue weighted by molar-refractivity contribution is 6.36. The fourth-order valence-electron chi connectivity index (χ4n) is 1.75. The highest BCUT2D eigenvalue weighted by Crippen LogP contribution is 2.32. The van der Waals surface area contributed by atoms with Gasteiger partial charge in [-0.3, -0.25) is 0 Å². The summed E-state index contributed by atoms with van der Waals surface area (Å²) in [5.74, 6) is 0.827. The van der Waals surface area contributed by atoms with Crippen LogP contribution in [0.25, 0.3) is 11.3 Å². The maximum atomic E-state index is 6.20. The van der Waals surface area contributed by atoms with Crippen molar-refractivity contribution in [1.82, 2.24) is 9.97 Å². The average Bonchev–Trinajstić information content (AvgIpc) is 2.33. The zero-order chi connectivity index (χ0) is 13.1. The van der Waals surface area contributed by atoms with Crippen LogP contribution in [-0.4, -0.2) is 16.5 Å². The summed E-state index contributed by atoms with van der Waals surface area (Å²) >= 11 is 12.1. The lowest BCUT2D eigenvalue weighted by atomic mass is 10.1. The van der Waals surface area contributed by atoms with Gasteiger partial charge >= 0.3 is 0 Å². The van der Waals surface area contributed by atoms with E-state index in [0.717, 1.165) is 29.2 Å². The van der Waals surface area contributed by atoms with E-state index < -0.39 is 0 Å². The van der Waals surface area contributed by atoms with Gasteiger partial charge in [0, 0.05) is 22.7 Å². The zero-order valence-electron chi connectivity index (χ0n) is 10.2. The summed E-state index contributed by atoms with van der Waals surface area (Å²) in [4.78, 5) is 8.51. The van der Waals surface area contributed by atoms with E-state index in [0.29, 0.717) is 10.0 Å². The van der Waals surface area contributed by atoms with Gasteiger partial charge in [-0.25, -0.2) is 9.97 Å². The lowest BCUT2D eigenvalue weighted by Gasteiger charge is -2.11. The van der Waals surface area contributed by atoms with Crippen LogP contribution in [0.2, 0.25) is 10.0 Å². The van der Waals surface area contributed by atoms with Gasteiger partial charge in [-0.2, -0.15) is 0 Å². The van der Waals surface area contributed by atoms with Crippen LogP contribution in [0.15, 0.2) is 24.5 Å². The monoisotopic (exact) mass is 281 g/mol. The Balaban J connectivity index is 2.53. The van der Waals surface area contributed by atoms with Crippen molar-refractivity contribution < 1.29 is 0 Å². The van der Waals surface area contributed by atoms with Crippen LogP contribution in [0.5, 0.6) is 0 Å². The van der Waals surface area contributed by atoms with E-state index in [1.165, 1.54) is 6.33 Å². The molecule has 18 heavy (non-hydrogen) atoms. The van der Waals surface area contributed by atoms with Crippen LogP contribution in [0.1, 0.15) is 12.5 Å². The van der Waals surface area contributed by atoms with Gasteiger partial charge in [-0.15, -0.1) is 0 Å². The van der Waals surface area contributed by atoms with Gasteiger partial charge in [0.1, 0.15) is 12.1 Å². The fraction of sp³-hybridized carbons (Fsp3) is 0.231. The first-order valence-corrected chi connectivity index (χ1v) is 6.40. The van der Waals surface area contributed by atoms with Gasteiger partial charge in [0.2, 0.25) is 0 Å². The Kier molecular flexibility index (Phi) is 4.04. The van der Waals surface area contributed by atoms with Crippen molar-refractivity contribution in [3.05, 3.63) is 40.1 Å². The molecule has 94 valence electrons. The number of anilines is 1. The standard InChI is InChI=1S/C13H13Cl2N3/c1-3-16-13-8(2)12(17-7-18-13)10-5-4-9(14)6-11(10)15/h4-7H,3H2,1-2H3,(H,16,17,18). The molecule has 1 N–H and O–H groups in total. The summed E-state index contributed by atoms with van der Waals surface area (Å²) in [6.45, 7) is 4.81. The van der Waals surface area contributed by atoms with E-state index in [1.54, 1.807) is 12.1 Å². The molecule has 2 rings (SSSR count). The van der Waals surface area contributed by atoms with Crippen molar-refractivity contribution in [2.75, 3.05) is 11.9 Å². The molecule has 0 aliphatic heterocycles. The van der Waals surface area contributed by atoms with Crippen LogP contribution in [-0.2, 0) is 0 Å². The van der Waals surface area contributed by atoms with Crippen molar-refractivity contribution in [2.24, 2.45) is 0 Å². The van der Waals surface area contributed by atoms with E-state index in [2.05, 4.69) is 15.3 Å². The van der Waals surface area contributed by atoms with E-state index >= 15 is 0 Å². The largest absolute Gasteiger partial charge is 0.370 e. The molecular weight excluding hydrogens is 269 g/mol. The quantitative estimate of drug-likeness (QED) is 0.917. The molecule has 0 radical (unpaired) electrons. The number of halogens is 2. The first kappa shape index (κ1) is 13.1. The Bertz CT molecular complexity index is 570. The molecule has 2 aromatic rings. The lowest BCUT2D eigenvalue weighted by Crippen LogP contribution is -2.03. The highest BCUT2D eigenvalue weighted by atomic mass is 35.5. The number of aromatic nitrogens is 2. The van der Waals surface area contributed by atoms with E-state index in [-0.39, 0.29) is 0 Å². The molecule has 0 saturated carbocycles. The minimum atomic E-state index is 0.590. The first-order chi connectivity index (χ1) is 8.63. The minimum Gasteiger partial charge on any atom is -0.370 e. The molecule has 0 aliphatic carbocycles. The van der Waals surface area contributed by atoms with Crippen molar-refractivity contribution in [3.63, 3.8) is 0 Å². The maximum absolute atomic E-state index is 6.20. The third-order valence-electron chi connectivity index (χ3n) is 2.61. The molecule has 0 bridgehead atoms. The molecule has 3 nitrogen and oxygen atoms in total. The lowest BCUT2D eigenvalue weighted by molar-refractivity contribution is 1.09. The van der Waals surface area contributed by atoms with Crippen LogP contribution in [0.3, 0.4) is 0 Å². The third kappa shape index (κ3) is 2.57. The van der Waals surface area contributed by atoms with E-state index in [1.807, 2.05) is 19.9 Å². The Hall–Kier alpha value is -1.32. The first-order valence-electron chi connectivity index (χ1n) is 5.64. The van der Waals surface area contributed by atoms with Crippen LogP contribution in [0.4, 0.5) is 5.82 Å². The molecular formula is C13H13Cl2N3. The van der Waals surface area contributed by atoms with Crippen LogP contribution in [0, 0.1) is 6.92 Å². The Morgan fingerprint density at radius 3 is 2.67 bits per heavy atom. The van der Waals surface area contributed by atoms with Crippen molar-refractivity contribution >= 4 is 29.0 Å². The van der Waals surface area contributed by atoms with Crippen molar-refractivity contribution in [1.29, 1.82) is 0 Å². The zero-order valence-corrected chi connectivity index (χ0v) is 11.7. The van der Waals surface area contributed by atoms with Gasteiger partial charge < -0.3 is 5.32 Å². The number of rotatable bonds is 3. The van der Waals surface area contributed by atoms with Gasteiger partial charge in [-0.1, -0.05) is 23.2 Å². The van der Waals surface area contributed by atoms with Crippen molar-refractivity contribution in [3.8, 4) is 11.3 Å². The fourth-order valence-corrected chi connectivity index (χ4v) is 2.25. The number of hydrogen-bond donors (Lipinski definition) is 1. The number of nitrogens with zero attached hydrogens (tertiary/aromatic N) is 2. The van der Waals surface area contributed by atoms with Gasteiger partial charge in [0.15, 0.2) is 0 Å². The molecule has 0 unspecified atom stereocenters. The highest BCUT2D eigenvalue weighted by Gasteiger charge is 2.11. The van der Waals surface area contributed by atoms with E-state index in [9.17, 15) is 0 Å². The topological polar surface area (TPSA) is 37.8 Å². The average molecular weight is 282 g/mol. The normalized spacial score (nSPS) is 10.4. The molecule has 5 heteroatoms. The molecule has 0 aliphatic rings. The second-order valence-electron chi connectivity index (χ2n) is 3.85. The Morgan fingerprint density at radius 1 is 1.22 bits per heavy atom. The molecule has 1 heterocycles. The van der Waals surface area contributed by atoms with Crippen LogP contribution < -0.4 is 5.32 Å². The maximum Gasteiger partial charge on any atom is 0.132 e. The van der Waals surface area contributed by atoms with Gasteiger partial charge in [0.05, 0.1) is 10.7 Å². The molecule has 1 aromatic carbocycles. The predicted molar refractivity (Wildman–Crippen MR) is 76.4 cm³/mol.